The van der Waals surface area contributed by atoms with Crippen LogP contribution in [-0.2, 0) is 19.9 Å². The Morgan fingerprint density at radius 2 is 2.29 bits per heavy atom. The predicted molar refractivity (Wildman–Crippen MR) is 78.9 cm³/mol. The molecule has 0 saturated heterocycles. The van der Waals surface area contributed by atoms with Crippen molar-refractivity contribution in [1.29, 1.82) is 0 Å². The minimum absolute atomic E-state index is 0.0782. The van der Waals surface area contributed by atoms with Gasteiger partial charge in [-0.2, -0.15) is 5.10 Å². The molecule has 6 nitrogen and oxygen atoms in total. The third-order valence-corrected chi connectivity index (χ3v) is 3.85. The van der Waals surface area contributed by atoms with Crippen molar-refractivity contribution in [2.45, 2.75) is 32.7 Å². The summed E-state index contributed by atoms with van der Waals surface area (Å²) >= 11 is 0. The first-order chi connectivity index (χ1) is 10.1. The molecule has 0 bridgehead atoms. The minimum Gasteiger partial charge on any atom is -0.368 e. The van der Waals surface area contributed by atoms with Crippen LogP contribution in [-0.4, -0.2) is 32.3 Å². The Morgan fingerprint density at radius 3 is 3.05 bits per heavy atom. The van der Waals surface area contributed by atoms with Crippen LogP contribution in [0.3, 0.4) is 0 Å². The summed E-state index contributed by atoms with van der Waals surface area (Å²) in [5.74, 6) is 0.968. The van der Waals surface area contributed by atoms with Crippen LogP contribution in [0.2, 0.25) is 0 Å². The quantitative estimate of drug-likeness (QED) is 0.900. The standard InChI is InChI=1S/C14H19FN6/c1-4-11-12(15)13(18-7-17-11)19-9-5-10-8(2)20-21(3)14(10)16-6-9/h7,9,16H,4-6H2,1-3H3,(H,17,18,19). The van der Waals surface area contributed by atoms with E-state index in [0.717, 1.165) is 17.9 Å². The summed E-state index contributed by atoms with van der Waals surface area (Å²) < 4.78 is 16.0. The molecule has 0 aromatic carbocycles. The average molecular weight is 290 g/mol. The SMILES string of the molecule is CCc1ncnc(NC2CNc3c(c(C)nn3C)C2)c1F. The number of halogens is 1. The maximum atomic E-state index is 14.2. The van der Waals surface area contributed by atoms with Crippen LogP contribution in [0.15, 0.2) is 6.33 Å². The molecular weight excluding hydrogens is 271 g/mol. The molecule has 1 atom stereocenters. The van der Waals surface area contributed by atoms with Gasteiger partial charge in [0.1, 0.15) is 12.1 Å². The Kier molecular flexibility index (Phi) is 3.48. The van der Waals surface area contributed by atoms with Crippen molar-refractivity contribution in [2.24, 2.45) is 7.05 Å². The summed E-state index contributed by atoms with van der Waals surface area (Å²) in [5, 5.41) is 10.9. The number of fused-ring (bicyclic) bond motifs is 1. The second-order valence-electron chi connectivity index (χ2n) is 5.30. The van der Waals surface area contributed by atoms with Crippen molar-refractivity contribution in [3.8, 4) is 0 Å². The first-order valence-corrected chi connectivity index (χ1v) is 7.12. The molecule has 0 aliphatic carbocycles. The highest BCUT2D eigenvalue weighted by atomic mass is 19.1. The predicted octanol–water partition coefficient (Wildman–Crippen LogP) is 1.67. The van der Waals surface area contributed by atoms with E-state index in [1.165, 1.54) is 11.9 Å². The topological polar surface area (TPSA) is 67.7 Å². The van der Waals surface area contributed by atoms with Gasteiger partial charge in [-0.3, -0.25) is 4.68 Å². The van der Waals surface area contributed by atoms with E-state index in [9.17, 15) is 4.39 Å². The molecule has 2 aromatic rings. The van der Waals surface area contributed by atoms with Gasteiger partial charge < -0.3 is 10.6 Å². The molecule has 2 aromatic heterocycles. The molecule has 7 heteroatoms. The number of hydrogen-bond donors (Lipinski definition) is 2. The highest BCUT2D eigenvalue weighted by molar-refractivity contribution is 5.52. The number of nitrogens with one attached hydrogen (secondary N) is 2. The molecule has 3 heterocycles. The third-order valence-electron chi connectivity index (χ3n) is 3.85. The average Bonchev–Trinajstić information content (AvgIpc) is 2.76. The van der Waals surface area contributed by atoms with E-state index in [1.807, 2.05) is 25.6 Å². The van der Waals surface area contributed by atoms with E-state index in [0.29, 0.717) is 18.7 Å². The number of aryl methyl sites for hydroxylation is 3. The van der Waals surface area contributed by atoms with Gasteiger partial charge in [0.15, 0.2) is 11.6 Å². The molecule has 112 valence electrons. The van der Waals surface area contributed by atoms with Crippen LogP contribution >= 0.6 is 0 Å². The van der Waals surface area contributed by atoms with Crippen LogP contribution in [0.1, 0.15) is 23.9 Å². The number of nitrogens with zero attached hydrogens (tertiary/aromatic N) is 4. The molecule has 0 radical (unpaired) electrons. The lowest BCUT2D eigenvalue weighted by Gasteiger charge is -2.26. The lowest BCUT2D eigenvalue weighted by Crippen LogP contribution is -2.35. The van der Waals surface area contributed by atoms with Gasteiger partial charge in [-0.15, -0.1) is 0 Å². The molecule has 0 saturated carbocycles. The lowest BCUT2D eigenvalue weighted by atomic mass is 10.0. The molecule has 1 unspecified atom stereocenters. The van der Waals surface area contributed by atoms with Crippen LogP contribution in [0.25, 0.3) is 0 Å². The minimum atomic E-state index is -0.353. The van der Waals surface area contributed by atoms with Crippen molar-refractivity contribution < 1.29 is 4.39 Å². The first kappa shape index (κ1) is 13.8. The molecule has 21 heavy (non-hydrogen) atoms. The summed E-state index contributed by atoms with van der Waals surface area (Å²) in [4.78, 5) is 7.97. The Morgan fingerprint density at radius 1 is 1.48 bits per heavy atom. The largest absolute Gasteiger partial charge is 0.368 e. The van der Waals surface area contributed by atoms with Crippen LogP contribution in [0, 0.1) is 12.7 Å². The summed E-state index contributed by atoms with van der Waals surface area (Å²) in [6.45, 7) is 4.57. The molecule has 2 N–H and O–H groups in total. The molecule has 0 fully saturated rings. The zero-order valence-corrected chi connectivity index (χ0v) is 12.4. The van der Waals surface area contributed by atoms with Gasteiger partial charge in [-0.25, -0.2) is 14.4 Å². The van der Waals surface area contributed by atoms with E-state index < -0.39 is 0 Å². The second kappa shape index (κ2) is 5.31. The van der Waals surface area contributed by atoms with Gasteiger partial charge in [-0.1, -0.05) is 6.92 Å². The van der Waals surface area contributed by atoms with Gasteiger partial charge >= 0.3 is 0 Å². The van der Waals surface area contributed by atoms with Crippen LogP contribution in [0.4, 0.5) is 16.0 Å². The maximum absolute atomic E-state index is 14.2. The van der Waals surface area contributed by atoms with E-state index >= 15 is 0 Å². The summed E-state index contributed by atoms with van der Waals surface area (Å²) in [5.41, 5.74) is 2.62. The molecular formula is C14H19FN6. The zero-order valence-electron chi connectivity index (χ0n) is 12.4. The number of anilines is 2. The molecule has 1 aliphatic rings. The summed E-state index contributed by atoms with van der Waals surface area (Å²) in [6.07, 6.45) is 2.76. The molecule has 3 rings (SSSR count). The highest BCUT2D eigenvalue weighted by Crippen LogP contribution is 2.26. The lowest BCUT2D eigenvalue weighted by molar-refractivity contribution is 0.589. The summed E-state index contributed by atoms with van der Waals surface area (Å²) in [7, 11) is 1.92. The first-order valence-electron chi connectivity index (χ1n) is 7.12. The molecule has 0 amide bonds. The van der Waals surface area contributed by atoms with Crippen LogP contribution in [0.5, 0.6) is 0 Å². The van der Waals surface area contributed by atoms with E-state index in [2.05, 4.69) is 25.7 Å². The fraction of sp³-hybridized carbons (Fsp3) is 0.500. The van der Waals surface area contributed by atoms with Gasteiger partial charge in [0, 0.05) is 25.2 Å². The number of hydrogen-bond acceptors (Lipinski definition) is 5. The Balaban J connectivity index is 1.80. The van der Waals surface area contributed by atoms with E-state index in [4.69, 9.17) is 0 Å². The molecule has 1 aliphatic heterocycles. The Bertz CT molecular complexity index is 666. The fourth-order valence-corrected chi connectivity index (χ4v) is 2.75. The van der Waals surface area contributed by atoms with Gasteiger partial charge in [-0.05, 0) is 19.8 Å². The monoisotopic (exact) mass is 290 g/mol. The van der Waals surface area contributed by atoms with Gasteiger partial charge in [0.2, 0.25) is 0 Å². The van der Waals surface area contributed by atoms with Crippen LogP contribution < -0.4 is 10.6 Å². The van der Waals surface area contributed by atoms with Gasteiger partial charge in [0.05, 0.1) is 11.4 Å². The summed E-state index contributed by atoms with van der Waals surface area (Å²) in [6, 6.07) is 0.0782. The van der Waals surface area contributed by atoms with Gasteiger partial charge in [0.25, 0.3) is 0 Å². The second-order valence-corrected chi connectivity index (χ2v) is 5.30. The van der Waals surface area contributed by atoms with Crippen molar-refractivity contribution in [2.75, 3.05) is 17.2 Å². The number of aromatic nitrogens is 4. The van der Waals surface area contributed by atoms with Crippen molar-refractivity contribution in [3.05, 3.63) is 29.1 Å². The Labute approximate surface area is 122 Å². The zero-order chi connectivity index (χ0) is 15.0. The van der Waals surface area contributed by atoms with E-state index in [-0.39, 0.29) is 17.7 Å². The van der Waals surface area contributed by atoms with Crippen molar-refractivity contribution in [1.82, 2.24) is 19.7 Å². The maximum Gasteiger partial charge on any atom is 0.186 e. The molecule has 0 spiro atoms. The van der Waals surface area contributed by atoms with E-state index in [1.54, 1.807) is 0 Å². The Hall–Kier alpha value is -2.18. The number of rotatable bonds is 3. The fourth-order valence-electron chi connectivity index (χ4n) is 2.75. The third kappa shape index (κ3) is 2.43. The highest BCUT2D eigenvalue weighted by Gasteiger charge is 2.24. The smallest absolute Gasteiger partial charge is 0.186 e. The normalized spacial score (nSPS) is 17.2. The van der Waals surface area contributed by atoms with Crippen molar-refractivity contribution in [3.63, 3.8) is 0 Å². The van der Waals surface area contributed by atoms with Crippen molar-refractivity contribution >= 4 is 11.6 Å².